The van der Waals surface area contributed by atoms with Gasteiger partial charge in [-0.25, -0.2) is 0 Å². The summed E-state index contributed by atoms with van der Waals surface area (Å²) in [5.74, 6) is 1.76. The van der Waals surface area contributed by atoms with E-state index in [0.29, 0.717) is 0 Å². The van der Waals surface area contributed by atoms with Gasteiger partial charge in [-0.05, 0) is 31.1 Å². The van der Waals surface area contributed by atoms with Crippen LogP contribution in [0.15, 0.2) is 23.8 Å². The first-order valence-corrected chi connectivity index (χ1v) is 4.23. The Balaban J connectivity index is 2.12. The second kappa shape index (κ2) is 2.26. The van der Waals surface area contributed by atoms with E-state index in [0.717, 1.165) is 11.8 Å². The van der Waals surface area contributed by atoms with E-state index in [-0.39, 0.29) is 0 Å². The third kappa shape index (κ3) is 0.920. The minimum Gasteiger partial charge on any atom is -0.0773 e. The van der Waals surface area contributed by atoms with Crippen LogP contribution in [0.1, 0.15) is 26.2 Å². The van der Waals surface area contributed by atoms with Gasteiger partial charge < -0.3 is 0 Å². The van der Waals surface area contributed by atoms with Crippen molar-refractivity contribution >= 4 is 0 Å². The minimum absolute atomic E-state index is 0.830. The Morgan fingerprint density at radius 3 is 3.20 bits per heavy atom. The maximum atomic E-state index is 2.36. The van der Waals surface area contributed by atoms with Crippen molar-refractivity contribution in [2.75, 3.05) is 0 Å². The van der Waals surface area contributed by atoms with E-state index in [2.05, 4.69) is 25.2 Å². The average Bonchev–Trinajstić information content (AvgIpc) is 2.33. The molecule has 1 saturated carbocycles. The maximum Gasteiger partial charge on any atom is -0.00168 e. The molecule has 2 aliphatic rings. The molecule has 0 bridgehead atoms. The van der Waals surface area contributed by atoms with E-state index < -0.39 is 0 Å². The van der Waals surface area contributed by atoms with Gasteiger partial charge in [-0.2, -0.15) is 0 Å². The van der Waals surface area contributed by atoms with Crippen molar-refractivity contribution in [3.05, 3.63) is 23.8 Å². The Hall–Kier alpha value is -0.520. The van der Waals surface area contributed by atoms with Crippen LogP contribution in [0.4, 0.5) is 0 Å². The lowest BCUT2D eigenvalue weighted by molar-refractivity contribution is 0.411. The van der Waals surface area contributed by atoms with E-state index in [1.165, 1.54) is 19.3 Å². The molecule has 1 fully saturated rings. The fourth-order valence-electron chi connectivity index (χ4n) is 2.03. The second-order valence-electron chi connectivity index (χ2n) is 3.62. The molecule has 0 spiro atoms. The van der Waals surface area contributed by atoms with Crippen molar-refractivity contribution in [3.63, 3.8) is 0 Å². The summed E-state index contributed by atoms with van der Waals surface area (Å²) in [5, 5.41) is 0. The summed E-state index contributed by atoms with van der Waals surface area (Å²) in [7, 11) is 0. The van der Waals surface area contributed by atoms with E-state index in [1.54, 1.807) is 5.57 Å². The molecule has 2 rings (SSSR count). The molecular weight excluding hydrogens is 120 g/mol. The summed E-state index contributed by atoms with van der Waals surface area (Å²) in [6.07, 6.45) is 11.0. The molecular formula is C10H14. The molecule has 2 aliphatic carbocycles. The average molecular weight is 134 g/mol. The maximum absolute atomic E-state index is 2.36. The van der Waals surface area contributed by atoms with Crippen LogP contribution in [-0.2, 0) is 0 Å². The molecule has 0 radical (unpaired) electrons. The lowest BCUT2D eigenvalue weighted by Gasteiger charge is -2.24. The van der Waals surface area contributed by atoms with Gasteiger partial charge >= 0.3 is 0 Å². The molecule has 0 aromatic carbocycles. The first kappa shape index (κ1) is 6.21. The zero-order chi connectivity index (χ0) is 6.97. The van der Waals surface area contributed by atoms with Crippen molar-refractivity contribution in [2.24, 2.45) is 11.8 Å². The van der Waals surface area contributed by atoms with Gasteiger partial charge in [-0.3, -0.25) is 0 Å². The Kier molecular flexibility index (Phi) is 1.40. The van der Waals surface area contributed by atoms with Gasteiger partial charge in [0.15, 0.2) is 0 Å². The van der Waals surface area contributed by atoms with Gasteiger partial charge in [0.25, 0.3) is 0 Å². The van der Waals surface area contributed by atoms with E-state index in [4.69, 9.17) is 0 Å². The van der Waals surface area contributed by atoms with Crippen molar-refractivity contribution in [1.29, 1.82) is 0 Å². The first-order chi connectivity index (χ1) is 4.86. The Morgan fingerprint density at radius 1 is 1.40 bits per heavy atom. The predicted molar refractivity (Wildman–Crippen MR) is 43.7 cm³/mol. The number of fused-ring (bicyclic) bond motifs is 1. The van der Waals surface area contributed by atoms with E-state index >= 15 is 0 Å². The van der Waals surface area contributed by atoms with Gasteiger partial charge in [0.2, 0.25) is 0 Å². The Bertz CT molecular complexity index is 186. The highest BCUT2D eigenvalue weighted by Crippen LogP contribution is 2.36. The summed E-state index contributed by atoms with van der Waals surface area (Å²) < 4.78 is 0. The van der Waals surface area contributed by atoms with Crippen molar-refractivity contribution in [3.8, 4) is 0 Å². The van der Waals surface area contributed by atoms with Crippen molar-refractivity contribution < 1.29 is 0 Å². The highest BCUT2D eigenvalue weighted by molar-refractivity contribution is 5.28. The molecule has 0 nitrogen and oxygen atoms in total. The summed E-state index contributed by atoms with van der Waals surface area (Å²) >= 11 is 0. The molecule has 0 heterocycles. The topological polar surface area (TPSA) is 0 Å². The summed E-state index contributed by atoms with van der Waals surface area (Å²) in [4.78, 5) is 0. The fraction of sp³-hybridized carbons (Fsp3) is 0.600. The van der Waals surface area contributed by atoms with Gasteiger partial charge in [0.1, 0.15) is 0 Å². The SMILES string of the molecule is CC1CCC2C=CC=C2C1. The van der Waals surface area contributed by atoms with Crippen LogP contribution in [0.2, 0.25) is 0 Å². The molecule has 0 aromatic rings. The molecule has 0 aliphatic heterocycles. The Morgan fingerprint density at radius 2 is 2.30 bits per heavy atom. The van der Waals surface area contributed by atoms with Gasteiger partial charge in [-0.15, -0.1) is 0 Å². The number of rotatable bonds is 0. The highest BCUT2D eigenvalue weighted by atomic mass is 14.3. The lowest BCUT2D eigenvalue weighted by Crippen LogP contribution is -2.11. The normalized spacial score (nSPS) is 37.5. The fourth-order valence-corrected chi connectivity index (χ4v) is 2.03. The van der Waals surface area contributed by atoms with Crippen LogP contribution in [0.25, 0.3) is 0 Å². The molecule has 10 heavy (non-hydrogen) atoms. The van der Waals surface area contributed by atoms with Crippen LogP contribution in [-0.4, -0.2) is 0 Å². The van der Waals surface area contributed by atoms with Gasteiger partial charge in [0, 0.05) is 0 Å². The van der Waals surface area contributed by atoms with E-state index in [1.807, 2.05) is 0 Å². The monoisotopic (exact) mass is 134 g/mol. The van der Waals surface area contributed by atoms with Crippen LogP contribution >= 0.6 is 0 Å². The molecule has 2 unspecified atom stereocenters. The first-order valence-electron chi connectivity index (χ1n) is 4.23. The molecule has 0 amide bonds. The predicted octanol–water partition coefficient (Wildman–Crippen LogP) is 2.92. The third-order valence-corrected chi connectivity index (χ3v) is 2.68. The number of hydrogen-bond acceptors (Lipinski definition) is 0. The standard InChI is InChI=1S/C10H14/c1-8-5-6-9-3-2-4-10(9)7-8/h2-4,8-9H,5-7H2,1H3. The molecule has 0 saturated heterocycles. The second-order valence-corrected chi connectivity index (χ2v) is 3.62. The zero-order valence-electron chi connectivity index (χ0n) is 6.51. The highest BCUT2D eigenvalue weighted by Gasteiger charge is 2.22. The molecule has 54 valence electrons. The van der Waals surface area contributed by atoms with Crippen LogP contribution in [0.3, 0.4) is 0 Å². The minimum atomic E-state index is 0.830. The third-order valence-electron chi connectivity index (χ3n) is 2.68. The zero-order valence-corrected chi connectivity index (χ0v) is 6.51. The number of allylic oxidation sites excluding steroid dienone is 4. The van der Waals surface area contributed by atoms with Crippen molar-refractivity contribution in [2.45, 2.75) is 26.2 Å². The summed E-state index contributed by atoms with van der Waals surface area (Å²) in [6, 6.07) is 0. The lowest BCUT2D eigenvalue weighted by atomic mass is 9.81. The molecule has 0 heteroatoms. The van der Waals surface area contributed by atoms with Crippen LogP contribution in [0, 0.1) is 11.8 Å². The van der Waals surface area contributed by atoms with Gasteiger partial charge in [-0.1, -0.05) is 30.7 Å². The summed E-state index contributed by atoms with van der Waals surface area (Å²) in [5.41, 5.74) is 1.68. The number of hydrogen-bond donors (Lipinski definition) is 0. The van der Waals surface area contributed by atoms with Crippen molar-refractivity contribution in [1.82, 2.24) is 0 Å². The quantitative estimate of drug-likeness (QED) is 0.478. The van der Waals surface area contributed by atoms with Crippen LogP contribution in [0.5, 0.6) is 0 Å². The molecule has 0 N–H and O–H groups in total. The Labute approximate surface area is 62.6 Å². The summed E-state index contributed by atoms with van der Waals surface area (Å²) in [6.45, 7) is 2.36. The van der Waals surface area contributed by atoms with E-state index in [9.17, 15) is 0 Å². The van der Waals surface area contributed by atoms with Gasteiger partial charge in [0.05, 0.1) is 0 Å². The molecule has 0 aromatic heterocycles. The smallest absolute Gasteiger partial charge is 0.00168 e. The molecule has 2 atom stereocenters. The largest absolute Gasteiger partial charge is 0.0773 e. The van der Waals surface area contributed by atoms with Crippen LogP contribution < -0.4 is 0 Å².